The monoisotopic (exact) mass is 488 g/mol. The number of benzene rings is 3. The zero-order valence-corrected chi connectivity index (χ0v) is 20.2. The Balaban J connectivity index is 1.48. The van der Waals surface area contributed by atoms with Gasteiger partial charge >= 0.3 is 0 Å². The second kappa shape index (κ2) is 9.67. The minimum absolute atomic E-state index is 0.568. The minimum atomic E-state index is 0.568. The lowest BCUT2D eigenvalue weighted by molar-refractivity contribution is 0.391. The van der Waals surface area contributed by atoms with Crippen LogP contribution in [0.4, 0.5) is 5.69 Å². The van der Waals surface area contributed by atoms with Crippen molar-refractivity contribution >= 4 is 39.5 Å². The van der Waals surface area contributed by atoms with E-state index in [1.165, 1.54) is 0 Å². The number of thiazole rings is 1. The fourth-order valence-electron chi connectivity index (χ4n) is 3.86. The number of hydrogen-bond donors (Lipinski definition) is 1. The molecule has 5 aromatic rings. The molecule has 34 heavy (non-hydrogen) atoms. The van der Waals surface area contributed by atoms with Gasteiger partial charge in [0.05, 0.1) is 31.6 Å². The summed E-state index contributed by atoms with van der Waals surface area (Å²) in [6.45, 7) is 0.568. The molecule has 5 rings (SSSR count). The molecule has 3 aromatic carbocycles. The van der Waals surface area contributed by atoms with E-state index in [0.717, 1.165) is 55.4 Å². The van der Waals surface area contributed by atoms with Gasteiger partial charge in [0.2, 0.25) is 0 Å². The molecule has 8 heteroatoms. The van der Waals surface area contributed by atoms with Gasteiger partial charge < -0.3 is 14.8 Å². The van der Waals surface area contributed by atoms with E-state index < -0.39 is 0 Å². The molecule has 6 nitrogen and oxygen atoms in total. The molecule has 0 aliphatic heterocycles. The first-order valence-electron chi connectivity index (χ1n) is 10.6. The van der Waals surface area contributed by atoms with E-state index in [0.29, 0.717) is 11.6 Å². The van der Waals surface area contributed by atoms with Gasteiger partial charge in [0, 0.05) is 45.7 Å². The van der Waals surface area contributed by atoms with E-state index in [4.69, 9.17) is 21.1 Å². The van der Waals surface area contributed by atoms with Crippen molar-refractivity contribution < 1.29 is 9.47 Å². The summed E-state index contributed by atoms with van der Waals surface area (Å²) in [6.07, 6.45) is 3.54. The summed E-state index contributed by atoms with van der Waals surface area (Å²) < 4.78 is 10.8. The first-order valence-corrected chi connectivity index (χ1v) is 11.8. The Morgan fingerprint density at radius 1 is 0.971 bits per heavy atom. The Kier molecular flexibility index (Phi) is 6.29. The third-order valence-corrected chi connectivity index (χ3v) is 6.60. The summed E-state index contributed by atoms with van der Waals surface area (Å²) in [5.41, 5.74) is 5.73. The predicted molar refractivity (Wildman–Crippen MR) is 138 cm³/mol. The number of rotatable bonds is 7. The van der Waals surface area contributed by atoms with Gasteiger partial charge in [0.25, 0.3) is 0 Å². The summed E-state index contributed by atoms with van der Waals surface area (Å²) >= 11 is 7.94. The van der Waals surface area contributed by atoms with E-state index >= 15 is 0 Å². The van der Waals surface area contributed by atoms with E-state index in [1.54, 1.807) is 38.0 Å². The summed E-state index contributed by atoms with van der Waals surface area (Å²) in [7, 11) is 3.29. The zero-order valence-electron chi connectivity index (χ0n) is 18.6. The first kappa shape index (κ1) is 22.1. The number of hydrogen-bond acceptors (Lipinski definition) is 7. The van der Waals surface area contributed by atoms with Crippen molar-refractivity contribution in [2.75, 3.05) is 19.5 Å². The highest BCUT2D eigenvalue weighted by Crippen LogP contribution is 2.37. The predicted octanol–water partition coefficient (Wildman–Crippen LogP) is 6.70. The first-order chi connectivity index (χ1) is 16.7. The summed E-state index contributed by atoms with van der Waals surface area (Å²) in [6, 6.07) is 17.8. The van der Waals surface area contributed by atoms with Crippen LogP contribution in [0.3, 0.4) is 0 Å². The van der Waals surface area contributed by atoms with Crippen LogP contribution in [-0.2, 0) is 6.54 Å². The van der Waals surface area contributed by atoms with Crippen LogP contribution < -0.4 is 14.8 Å². The van der Waals surface area contributed by atoms with Crippen LogP contribution in [0.25, 0.3) is 32.6 Å². The summed E-state index contributed by atoms with van der Waals surface area (Å²) in [5, 5.41) is 16.6. The molecule has 2 heterocycles. The molecule has 1 N–H and O–H groups in total. The van der Waals surface area contributed by atoms with Crippen molar-refractivity contribution in [3.63, 3.8) is 0 Å². The molecule has 0 bridgehead atoms. The van der Waals surface area contributed by atoms with Crippen LogP contribution in [0.1, 0.15) is 5.56 Å². The van der Waals surface area contributed by atoms with E-state index in [9.17, 15) is 0 Å². The van der Waals surface area contributed by atoms with Crippen molar-refractivity contribution in [3.05, 3.63) is 83.0 Å². The Morgan fingerprint density at radius 3 is 2.68 bits per heavy atom. The number of ether oxygens (including phenoxy) is 2. The number of halogens is 1. The Morgan fingerprint density at radius 2 is 1.88 bits per heavy atom. The van der Waals surface area contributed by atoms with Gasteiger partial charge in [-0.3, -0.25) is 0 Å². The topological polar surface area (TPSA) is 69.2 Å². The van der Waals surface area contributed by atoms with E-state index in [1.807, 2.05) is 47.8 Å². The van der Waals surface area contributed by atoms with Crippen molar-refractivity contribution in [2.24, 2.45) is 0 Å². The molecule has 0 saturated carbocycles. The number of anilines is 1. The number of nitrogens with zero attached hydrogens (tertiary/aromatic N) is 3. The Labute approximate surface area is 206 Å². The van der Waals surface area contributed by atoms with Crippen LogP contribution in [0.5, 0.6) is 11.5 Å². The molecule has 0 unspecified atom stereocenters. The second-order valence-electron chi connectivity index (χ2n) is 7.55. The third kappa shape index (κ3) is 4.40. The molecule has 2 aromatic heterocycles. The van der Waals surface area contributed by atoms with E-state index in [2.05, 4.69) is 32.6 Å². The fourth-order valence-corrected chi connectivity index (χ4v) is 4.70. The third-order valence-electron chi connectivity index (χ3n) is 5.56. The van der Waals surface area contributed by atoms with Gasteiger partial charge in [-0.25, -0.2) is 4.98 Å². The maximum absolute atomic E-state index is 6.34. The van der Waals surface area contributed by atoms with Gasteiger partial charge in [-0.2, -0.15) is 10.2 Å². The number of nitrogens with one attached hydrogen (secondary N) is 1. The van der Waals surface area contributed by atoms with Crippen molar-refractivity contribution in [1.29, 1.82) is 0 Å². The van der Waals surface area contributed by atoms with Crippen LogP contribution in [0.2, 0.25) is 5.02 Å². The molecule has 0 fully saturated rings. The van der Waals surface area contributed by atoms with Crippen molar-refractivity contribution in [2.45, 2.75) is 6.54 Å². The van der Waals surface area contributed by atoms with Crippen LogP contribution in [-0.4, -0.2) is 29.4 Å². The van der Waals surface area contributed by atoms with E-state index in [-0.39, 0.29) is 0 Å². The Bertz CT molecular complexity index is 1460. The molecular formula is C26H21ClN4O2S. The molecule has 0 atom stereocenters. The highest BCUT2D eigenvalue weighted by molar-refractivity contribution is 7.13. The molecular weight excluding hydrogens is 468 g/mol. The average Bonchev–Trinajstić information content (AvgIpc) is 3.41. The number of aromatic nitrogens is 3. The maximum Gasteiger partial charge on any atom is 0.127 e. The smallest absolute Gasteiger partial charge is 0.127 e. The highest BCUT2D eigenvalue weighted by Gasteiger charge is 2.13. The lowest BCUT2D eigenvalue weighted by Crippen LogP contribution is -2.03. The van der Waals surface area contributed by atoms with Gasteiger partial charge in [0.1, 0.15) is 16.5 Å². The average molecular weight is 489 g/mol. The van der Waals surface area contributed by atoms with Gasteiger partial charge in [-0.15, -0.1) is 11.3 Å². The molecule has 0 radical (unpaired) electrons. The lowest BCUT2D eigenvalue weighted by Gasteiger charge is -2.14. The standard InChI is InChI=1S/C26H21ClN4O2S/c1-32-19-6-3-17(25(13-19)33-2)14-29-24-15-30-31-23-11-16(4-7-21(23)24)22-12-18(27)5-8-20(22)26-28-9-10-34-26/h3-13,15H,14H2,1-2H3,(H,29,31). The summed E-state index contributed by atoms with van der Waals surface area (Å²) in [4.78, 5) is 4.48. The highest BCUT2D eigenvalue weighted by atomic mass is 35.5. The van der Waals surface area contributed by atoms with Crippen molar-refractivity contribution in [1.82, 2.24) is 15.2 Å². The second-order valence-corrected chi connectivity index (χ2v) is 8.88. The zero-order chi connectivity index (χ0) is 23.5. The molecule has 0 saturated heterocycles. The Hall–Kier alpha value is -3.68. The molecule has 0 aliphatic carbocycles. The fraction of sp³-hybridized carbons (Fsp3) is 0.115. The molecule has 0 aliphatic rings. The normalized spacial score (nSPS) is 10.9. The van der Waals surface area contributed by atoms with Gasteiger partial charge in [-0.1, -0.05) is 17.7 Å². The SMILES string of the molecule is COc1ccc(CNc2cnnc3cc(-c4cc(Cl)ccc4-c4nccs4)ccc23)c(OC)c1. The minimum Gasteiger partial charge on any atom is -0.497 e. The maximum atomic E-state index is 6.34. The lowest BCUT2D eigenvalue weighted by atomic mass is 9.98. The molecule has 0 amide bonds. The van der Waals surface area contributed by atoms with Crippen molar-refractivity contribution in [3.8, 4) is 33.2 Å². The molecule has 0 spiro atoms. The molecule has 170 valence electrons. The van der Waals surface area contributed by atoms with Crippen LogP contribution >= 0.6 is 22.9 Å². The van der Waals surface area contributed by atoms with Crippen LogP contribution in [0.15, 0.2) is 72.4 Å². The van der Waals surface area contributed by atoms with Gasteiger partial charge in [0.15, 0.2) is 0 Å². The summed E-state index contributed by atoms with van der Waals surface area (Å²) in [5.74, 6) is 1.51. The van der Waals surface area contributed by atoms with Crippen LogP contribution in [0, 0.1) is 0 Å². The van der Waals surface area contributed by atoms with Gasteiger partial charge in [-0.05, 0) is 53.6 Å². The largest absolute Gasteiger partial charge is 0.497 e. The quantitative estimate of drug-likeness (QED) is 0.275. The number of fused-ring (bicyclic) bond motifs is 1. The number of methoxy groups -OCH3 is 2.